The summed E-state index contributed by atoms with van der Waals surface area (Å²) in [6.07, 6.45) is 1.02. The highest BCUT2D eigenvalue weighted by Crippen LogP contribution is 2.28. The lowest BCUT2D eigenvalue weighted by molar-refractivity contribution is -0.139. The van der Waals surface area contributed by atoms with Crippen LogP contribution in [-0.2, 0) is 4.79 Å². The van der Waals surface area contributed by atoms with Crippen LogP contribution in [0.25, 0.3) is 0 Å². The van der Waals surface area contributed by atoms with E-state index in [0.717, 1.165) is 3.57 Å². The molecule has 0 aliphatic heterocycles. The highest BCUT2D eigenvalue weighted by molar-refractivity contribution is 14.1. The molecule has 1 aromatic carbocycles. The average Bonchev–Trinajstić information content (AvgIpc) is 2.40. The Balaban J connectivity index is 3.02. The summed E-state index contributed by atoms with van der Waals surface area (Å²) in [6.45, 7) is 1.85. The maximum absolute atomic E-state index is 12.2. The van der Waals surface area contributed by atoms with Gasteiger partial charge in [-0.1, -0.05) is 24.9 Å². The van der Waals surface area contributed by atoms with Crippen molar-refractivity contribution >= 4 is 46.1 Å². The summed E-state index contributed by atoms with van der Waals surface area (Å²) < 4.78 is 5.88. The smallest absolute Gasteiger partial charge is 0.326 e. The van der Waals surface area contributed by atoms with E-state index in [0.29, 0.717) is 23.6 Å². The summed E-state index contributed by atoms with van der Waals surface area (Å²) in [4.78, 5) is 23.2. The summed E-state index contributed by atoms with van der Waals surface area (Å²) in [6, 6.07) is 2.19. The third-order valence-corrected chi connectivity index (χ3v) is 4.19. The number of methoxy groups -OCH3 is 1. The van der Waals surface area contributed by atoms with E-state index in [4.69, 9.17) is 21.4 Å². The number of carbonyl (C=O) groups excluding carboxylic acids is 1. The van der Waals surface area contributed by atoms with Crippen molar-refractivity contribution < 1.29 is 19.4 Å². The molecule has 0 heterocycles. The highest BCUT2D eigenvalue weighted by atomic mass is 127. The van der Waals surface area contributed by atoms with Crippen LogP contribution < -0.4 is 10.1 Å². The Bertz CT molecular complexity index is 521. The predicted octanol–water partition coefficient (Wildman–Crippen LogP) is 2.94. The fourth-order valence-corrected chi connectivity index (χ4v) is 2.26. The first-order valence-corrected chi connectivity index (χ1v) is 7.43. The zero-order valence-electron chi connectivity index (χ0n) is 11.1. The molecule has 0 radical (unpaired) electrons. The van der Waals surface area contributed by atoms with Crippen LogP contribution >= 0.6 is 34.2 Å². The van der Waals surface area contributed by atoms with Gasteiger partial charge in [-0.15, -0.1) is 0 Å². The van der Waals surface area contributed by atoms with Crippen molar-refractivity contribution in [3.8, 4) is 5.75 Å². The van der Waals surface area contributed by atoms with Gasteiger partial charge >= 0.3 is 5.97 Å². The van der Waals surface area contributed by atoms with E-state index in [-0.39, 0.29) is 5.56 Å². The molecule has 0 saturated heterocycles. The third-order valence-electron chi connectivity index (χ3n) is 2.67. The molecule has 5 nitrogen and oxygen atoms in total. The van der Waals surface area contributed by atoms with Crippen LogP contribution in [0.3, 0.4) is 0 Å². The van der Waals surface area contributed by atoms with Crippen LogP contribution in [0.1, 0.15) is 30.1 Å². The molecule has 1 atom stereocenters. The molecule has 7 heteroatoms. The van der Waals surface area contributed by atoms with Gasteiger partial charge < -0.3 is 15.2 Å². The van der Waals surface area contributed by atoms with Gasteiger partial charge in [-0.05, 0) is 41.1 Å². The first-order valence-electron chi connectivity index (χ1n) is 5.97. The van der Waals surface area contributed by atoms with E-state index in [1.54, 1.807) is 6.07 Å². The first-order chi connectivity index (χ1) is 9.40. The zero-order chi connectivity index (χ0) is 15.3. The molecule has 110 valence electrons. The van der Waals surface area contributed by atoms with Crippen LogP contribution in [-0.4, -0.2) is 30.1 Å². The molecule has 1 aromatic rings. The number of rotatable bonds is 6. The van der Waals surface area contributed by atoms with Crippen LogP contribution in [0, 0.1) is 3.57 Å². The van der Waals surface area contributed by atoms with E-state index >= 15 is 0 Å². The number of halogens is 2. The minimum Gasteiger partial charge on any atom is -0.496 e. The zero-order valence-corrected chi connectivity index (χ0v) is 14.0. The Hall–Kier alpha value is -1.02. The predicted molar refractivity (Wildman–Crippen MR) is 84.5 cm³/mol. The van der Waals surface area contributed by atoms with Gasteiger partial charge in [0.15, 0.2) is 0 Å². The Morgan fingerprint density at radius 2 is 2.15 bits per heavy atom. The summed E-state index contributed by atoms with van der Waals surface area (Å²) >= 11 is 8.01. The van der Waals surface area contributed by atoms with Gasteiger partial charge in [0.05, 0.1) is 17.7 Å². The molecule has 1 amide bonds. The number of nitrogens with one attached hydrogen (secondary N) is 1. The van der Waals surface area contributed by atoms with Crippen LogP contribution in [0.2, 0.25) is 5.02 Å². The SMILES string of the molecule is CCCC(NC(=O)c1cc(Cl)c(I)cc1OC)C(=O)O. The van der Waals surface area contributed by atoms with Crippen molar-refractivity contribution in [2.75, 3.05) is 7.11 Å². The molecule has 2 N–H and O–H groups in total. The van der Waals surface area contributed by atoms with Crippen molar-refractivity contribution in [1.82, 2.24) is 5.32 Å². The van der Waals surface area contributed by atoms with Gasteiger partial charge in [0.2, 0.25) is 0 Å². The summed E-state index contributed by atoms with van der Waals surface area (Å²) in [5, 5.41) is 11.9. The van der Waals surface area contributed by atoms with Gasteiger partial charge in [0.1, 0.15) is 11.8 Å². The van der Waals surface area contributed by atoms with E-state index < -0.39 is 17.9 Å². The number of carboxylic acids is 1. The number of ether oxygens (including phenoxy) is 1. The van der Waals surface area contributed by atoms with Gasteiger partial charge in [-0.25, -0.2) is 4.79 Å². The van der Waals surface area contributed by atoms with Crippen LogP contribution in [0.5, 0.6) is 5.75 Å². The standard InChI is InChI=1S/C13H15ClINO4/c1-3-4-10(13(18)19)16-12(17)7-5-8(14)9(15)6-11(7)20-2/h5-6,10H,3-4H2,1-2H3,(H,16,17)(H,18,19). The molecule has 0 aliphatic rings. The quantitative estimate of drug-likeness (QED) is 0.706. The van der Waals surface area contributed by atoms with E-state index in [2.05, 4.69) is 5.32 Å². The van der Waals surface area contributed by atoms with Crippen molar-refractivity contribution in [1.29, 1.82) is 0 Å². The lowest BCUT2D eigenvalue weighted by atomic mass is 10.1. The summed E-state index contributed by atoms with van der Waals surface area (Å²) in [5.74, 6) is -1.21. The van der Waals surface area contributed by atoms with Crippen LogP contribution in [0.4, 0.5) is 0 Å². The Morgan fingerprint density at radius 1 is 1.50 bits per heavy atom. The normalized spacial score (nSPS) is 11.8. The number of amides is 1. The number of benzene rings is 1. The molecule has 1 unspecified atom stereocenters. The highest BCUT2D eigenvalue weighted by Gasteiger charge is 2.22. The van der Waals surface area contributed by atoms with E-state index in [9.17, 15) is 9.59 Å². The fourth-order valence-electron chi connectivity index (χ4n) is 1.66. The minimum atomic E-state index is -1.06. The molecule has 0 spiro atoms. The van der Waals surface area contributed by atoms with Crippen molar-refractivity contribution in [2.24, 2.45) is 0 Å². The molecule has 20 heavy (non-hydrogen) atoms. The Morgan fingerprint density at radius 3 is 2.65 bits per heavy atom. The summed E-state index contributed by atoms with van der Waals surface area (Å²) in [7, 11) is 1.44. The number of hydrogen-bond acceptors (Lipinski definition) is 3. The lowest BCUT2D eigenvalue weighted by Gasteiger charge is -2.15. The van der Waals surface area contributed by atoms with Gasteiger partial charge in [0.25, 0.3) is 5.91 Å². The molecule has 0 aliphatic carbocycles. The molecule has 0 saturated carbocycles. The average molecular weight is 412 g/mol. The second-order valence-corrected chi connectivity index (χ2v) is 5.69. The van der Waals surface area contributed by atoms with Crippen molar-refractivity contribution in [3.05, 3.63) is 26.3 Å². The van der Waals surface area contributed by atoms with Crippen molar-refractivity contribution in [3.63, 3.8) is 0 Å². The summed E-state index contributed by atoms with van der Waals surface area (Å²) in [5.41, 5.74) is 0.222. The molecule has 0 fully saturated rings. The monoisotopic (exact) mass is 411 g/mol. The minimum absolute atomic E-state index is 0.222. The van der Waals surface area contributed by atoms with Gasteiger partial charge in [-0.2, -0.15) is 0 Å². The molecule has 1 rings (SSSR count). The van der Waals surface area contributed by atoms with Crippen LogP contribution in [0.15, 0.2) is 12.1 Å². The third kappa shape index (κ3) is 4.24. The fraction of sp³-hybridized carbons (Fsp3) is 0.385. The van der Waals surface area contributed by atoms with Gasteiger partial charge in [0, 0.05) is 3.57 Å². The number of carboxylic acid groups (broad SMARTS) is 1. The largest absolute Gasteiger partial charge is 0.496 e. The molecule has 0 aromatic heterocycles. The maximum atomic E-state index is 12.2. The second-order valence-electron chi connectivity index (χ2n) is 4.12. The molecular formula is C13H15ClINO4. The lowest BCUT2D eigenvalue weighted by Crippen LogP contribution is -2.40. The molecule has 0 bridgehead atoms. The molecular weight excluding hydrogens is 397 g/mol. The Labute approximate surface area is 135 Å². The topological polar surface area (TPSA) is 75.6 Å². The van der Waals surface area contributed by atoms with Gasteiger partial charge in [-0.3, -0.25) is 4.79 Å². The first kappa shape index (κ1) is 17.0. The van der Waals surface area contributed by atoms with E-state index in [1.165, 1.54) is 13.2 Å². The Kier molecular flexibility index (Phi) is 6.54. The van der Waals surface area contributed by atoms with E-state index in [1.807, 2.05) is 29.5 Å². The maximum Gasteiger partial charge on any atom is 0.326 e. The second kappa shape index (κ2) is 7.68. The number of aliphatic carboxylic acids is 1. The van der Waals surface area contributed by atoms with Crippen molar-refractivity contribution in [2.45, 2.75) is 25.8 Å². The number of carbonyl (C=O) groups is 2. The number of hydrogen-bond donors (Lipinski definition) is 2.